The van der Waals surface area contributed by atoms with Crippen LogP contribution in [0.2, 0.25) is 0 Å². The van der Waals surface area contributed by atoms with E-state index in [-0.39, 0.29) is 5.76 Å². The predicted molar refractivity (Wildman–Crippen MR) is 37.0 cm³/mol. The van der Waals surface area contributed by atoms with Gasteiger partial charge in [-0.05, 0) is 18.4 Å². The van der Waals surface area contributed by atoms with Crippen LogP contribution >= 0.6 is 11.8 Å². The molecule has 0 fully saturated rings. The maximum absolute atomic E-state index is 11.3. The van der Waals surface area contributed by atoms with Crippen molar-refractivity contribution in [3.05, 3.63) is 17.9 Å². The first kappa shape index (κ1) is 8.13. The third-order valence-corrected chi connectivity index (χ3v) is 1.68. The van der Waals surface area contributed by atoms with Crippen molar-refractivity contribution in [2.45, 2.75) is 5.09 Å². The molecule has 0 amide bonds. The minimum absolute atomic E-state index is 0.128. The molecule has 0 N–H and O–H groups in total. The van der Waals surface area contributed by atoms with Gasteiger partial charge in [-0.25, -0.2) is 9.74 Å². The van der Waals surface area contributed by atoms with Gasteiger partial charge in [-0.15, -0.1) is 0 Å². The molecular formula is C6H5FO3S. The van der Waals surface area contributed by atoms with E-state index in [2.05, 4.69) is 4.94 Å². The fourth-order valence-corrected chi connectivity index (χ4v) is 0.955. The zero-order valence-corrected chi connectivity index (χ0v) is 6.48. The number of carbonyl (C=O) groups excluding carboxylic acids is 1. The van der Waals surface area contributed by atoms with E-state index in [1.54, 1.807) is 12.3 Å². The lowest BCUT2D eigenvalue weighted by atomic mass is 10.5. The van der Waals surface area contributed by atoms with Crippen molar-refractivity contribution in [1.29, 1.82) is 0 Å². The molecule has 11 heavy (non-hydrogen) atoms. The van der Waals surface area contributed by atoms with E-state index in [0.29, 0.717) is 5.09 Å². The largest absolute Gasteiger partial charge is 0.443 e. The van der Waals surface area contributed by atoms with E-state index in [0.717, 1.165) is 0 Å². The first-order chi connectivity index (χ1) is 5.27. The van der Waals surface area contributed by atoms with Gasteiger partial charge in [-0.3, -0.25) is 0 Å². The molecular weight excluding hydrogens is 171 g/mol. The predicted octanol–water partition coefficient (Wildman–Crippen LogP) is 2.04. The molecule has 0 aliphatic carbocycles. The molecule has 1 rings (SSSR count). The summed E-state index contributed by atoms with van der Waals surface area (Å²) in [4.78, 5) is 13.4. The molecule has 0 bridgehead atoms. The standard InChI is InChI=1S/C6H5FO3S/c1-11-5-3-2-4(9-5)6(8)10-7/h2-3H,1H3. The fraction of sp³-hybridized carbons (Fsp3) is 0.167. The molecule has 0 saturated heterocycles. The second-order valence-corrected chi connectivity index (χ2v) is 2.50. The molecule has 0 radical (unpaired) electrons. The number of carbonyl (C=O) groups is 1. The Kier molecular flexibility index (Phi) is 2.53. The Balaban J connectivity index is 2.80. The number of furan rings is 1. The second kappa shape index (κ2) is 3.43. The Labute approximate surface area is 66.4 Å². The van der Waals surface area contributed by atoms with Gasteiger partial charge in [0.2, 0.25) is 5.76 Å². The molecule has 1 heterocycles. The summed E-state index contributed by atoms with van der Waals surface area (Å²) in [5.74, 6) is -1.23. The van der Waals surface area contributed by atoms with Crippen molar-refractivity contribution in [2.24, 2.45) is 0 Å². The highest BCUT2D eigenvalue weighted by Crippen LogP contribution is 2.18. The van der Waals surface area contributed by atoms with Crippen molar-refractivity contribution in [1.82, 2.24) is 0 Å². The van der Waals surface area contributed by atoms with Gasteiger partial charge >= 0.3 is 5.97 Å². The Morgan fingerprint density at radius 1 is 1.73 bits per heavy atom. The molecule has 60 valence electrons. The van der Waals surface area contributed by atoms with E-state index in [1.165, 1.54) is 17.8 Å². The van der Waals surface area contributed by atoms with E-state index in [9.17, 15) is 9.32 Å². The van der Waals surface area contributed by atoms with E-state index in [1.807, 2.05) is 0 Å². The van der Waals surface area contributed by atoms with Crippen LogP contribution in [0.1, 0.15) is 10.6 Å². The Morgan fingerprint density at radius 3 is 2.91 bits per heavy atom. The molecule has 1 aromatic heterocycles. The number of halogens is 1. The molecule has 0 unspecified atom stereocenters. The van der Waals surface area contributed by atoms with Crippen LogP contribution < -0.4 is 0 Å². The quantitative estimate of drug-likeness (QED) is 0.646. The van der Waals surface area contributed by atoms with Crippen molar-refractivity contribution in [3.8, 4) is 0 Å². The molecule has 0 spiro atoms. The second-order valence-electron chi connectivity index (χ2n) is 1.69. The lowest BCUT2D eigenvalue weighted by Gasteiger charge is -1.87. The SMILES string of the molecule is CSc1ccc(C(=O)OF)o1. The van der Waals surface area contributed by atoms with Gasteiger partial charge in [0.1, 0.15) is 0 Å². The third kappa shape index (κ3) is 1.74. The van der Waals surface area contributed by atoms with Crippen molar-refractivity contribution < 1.29 is 18.7 Å². The Bertz CT molecular complexity index is 258. The van der Waals surface area contributed by atoms with Crippen LogP contribution in [0.4, 0.5) is 4.53 Å². The molecule has 0 atom stereocenters. The molecule has 0 aliphatic heterocycles. The van der Waals surface area contributed by atoms with Gasteiger partial charge in [0, 0.05) is 4.53 Å². The Morgan fingerprint density at radius 2 is 2.45 bits per heavy atom. The summed E-state index contributed by atoms with van der Waals surface area (Å²) in [6.07, 6.45) is 1.78. The van der Waals surface area contributed by atoms with Gasteiger partial charge in [-0.2, -0.15) is 0 Å². The lowest BCUT2D eigenvalue weighted by molar-refractivity contribution is -0.0814. The monoisotopic (exact) mass is 176 g/mol. The lowest BCUT2D eigenvalue weighted by Crippen LogP contribution is -1.94. The van der Waals surface area contributed by atoms with Crippen LogP contribution in [0.5, 0.6) is 0 Å². The van der Waals surface area contributed by atoms with Gasteiger partial charge in [-0.1, -0.05) is 11.8 Å². The smallest absolute Gasteiger partial charge is 0.414 e. The first-order valence-electron chi connectivity index (χ1n) is 2.74. The average molecular weight is 176 g/mol. The molecule has 5 heteroatoms. The van der Waals surface area contributed by atoms with Crippen LogP contribution in [0.15, 0.2) is 21.6 Å². The van der Waals surface area contributed by atoms with Crippen molar-refractivity contribution in [3.63, 3.8) is 0 Å². The highest BCUT2D eigenvalue weighted by molar-refractivity contribution is 7.98. The summed E-state index contributed by atoms with van der Waals surface area (Å²) < 4.78 is 16.1. The van der Waals surface area contributed by atoms with E-state index in [4.69, 9.17) is 4.42 Å². The number of rotatable bonds is 2. The zero-order valence-electron chi connectivity index (χ0n) is 5.67. The summed E-state index contributed by atoms with van der Waals surface area (Å²) in [6, 6.07) is 2.92. The fourth-order valence-electron chi connectivity index (χ4n) is 0.578. The van der Waals surface area contributed by atoms with Gasteiger partial charge in [0.15, 0.2) is 5.09 Å². The van der Waals surface area contributed by atoms with Gasteiger partial charge < -0.3 is 4.42 Å². The third-order valence-electron chi connectivity index (χ3n) is 1.05. The summed E-state index contributed by atoms with van der Waals surface area (Å²) >= 11 is 1.32. The highest BCUT2D eigenvalue weighted by Gasteiger charge is 2.12. The van der Waals surface area contributed by atoms with Crippen molar-refractivity contribution >= 4 is 17.7 Å². The van der Waals surface area contributed by atoms with Crippen molar-refractivity contribution in [2.75, 3.05) is 6.26 Å². The minimum Gasteiger partial charge on any atom is -0.443 e. The summed E-state index contributed by atoms with van der Waals surface area (Å²) in [6.45, 7) is 0. The van der Waals surface area contributed by atoms with Crippen LogP contribution in [-0.2, 0) is 4.94 Å². The molecule has 1 aromatic rings. The topological polar surface area (TPSA) is 39.4 Å². The average Bonchev–Trinajstić information content (AvgIpc) is 2.50. The molecule has 0 aromatic carbocycles. The number of hydrogen-bond donors (Lipinski definition) is 0. The van der Waals surface area contributed by atoms with Crippen LogP contribution in [0.3, 0.4) is 0 Å². The summed E-state index contributed by atoms with van der Waals surface area (Å²) in [5, 5.41) is 0.547. The number of hydrogen-bond acceptors (Lipinski definition) is 4. The summed E-state index contributed by atoms with van der Waals surface area (Å²) in [5.41, 5.74) is 0. The first-order valence-corrected chi connectivity index (χ1v) is 3.97. The Hall–Kier alpha value is -0.970. The normalized spacial score (nSPS) is 9.64. The van der Waals surface area contributed by atoms with Gasteiger partial charge in [0.05, 0.1) is 0 Å². The van der Waals surface area contributed by atoms with E-state index >= 15 is 0 Å². The minimum atomic E-state index is -1.11. The van der Waals surface area contributed by atoms with E-state index < -0.39 is 5.97 Å². The maximum atomic E-state index is 11.3. The molecule has 0 aliphatic rings. The van der Waals surface area contributed by atoms with Crippen LogP contribution in [0, 0.1) is 0 Å². The molecule has 3 nitrogen and oxygen atoms in total. The zero-order chi connectivity index (χ0) is 8.27. The molecule has 0 saturated carbocycles. The van der Waals surface area contributed by atoms with Gasteiger partial charge in [0.25, 0.3) is 0 Å². The number of thioether (sulfide) groups is 1. The summed E-state index contributed by atoms with van der Waals surface area (Å²) in [7, 11) is 0. The highest BCUT2D eigenvalue weighted by atomic mass is 32.2. The van der Waals surface area contributed by atoms with Crippen LogP contribution in [-0.4, -0.2) is 12.2 Å². The maximum Gasteiger partial charge on any atom is 0.414 e. The van der Waals surface area contributed by atoms with Crippen LogP contribution in [0.25, 0.3) is 0 Å².